The van der Waals surface area contributed by atoms with Crippen LogP contribution in [0.25, 0.3) is 0 Å². The summed E-state index contributed by atoms with van der Waals surface area (Å²) in [4.78, 5) is 51.4. The number of carbonyl (C=O) groups excluding carboxylic acids is 4. The molecule has 0 saturated carbocycles. The van der Waals surface area contributed by atoms with Crippen molar-refractivity contribution in [3.63, 3.8) is 0 Å². The van der Waals surface area contributed by atoms with E-state index in [2.05, 4.69) is 5.32 Å². The molecule has 0 aromatic carbocycles. The van der Waals surface area contributed by atoms with E-state index in [4.69, 9.17) is 9.47 Å². The Hall–Kier alpha value is -1.62. The smallest absolute Gasteiger partial charge is 0.410 e. The van der Waals surface area contributed by atoms with E-state index in [9.17, 15) is 19.2 Å². The standard InChI is InChI=1S/C18H33N3O6S2/c1-12(22)19-11-29-10-13(21(6)17(25)27-18(2,3)4)15(23)20(5)14(9-28-8)16(24)26-7/h13-14H,9-11H2,1-8H3,(H,19,22)/t13-,14-/m0/s1. The second-order valence-corrected chi connectivity index (χ2v) is 9.24. The Labute approximate surface area is 181 Å². The van der Waals surface area contributed by atoms with Crippen molar-refractivity contribution < 1.29 is 28.7 Å². The quantitative estimate of drug-likeness (QED) is 0.302. The lowest BCUT2D eigenvalue weighted by molar-refractivity contribution is -0.152. The summed E-state index contributed by atoms with van der Waals surface area (Å²) < 4.78 is 10.2. The van der Waals surface area contributed by atoms with Gasteiger partial charge in [0.25, 0.3) is 0 Å². The fourth-order valence-corrected chi connectivity index (χ4v) is 3.84. The molecular weight excluding hydrogens is 418 g/mol. The van der Waals surface area contributed by atoms with E-state index in [-0.39, 0.29) is 17.5 Å². The topological polar surface area (TPSA) is 105 Å². The van der Waals surface area contributed by atoms with Gasteiger partial charge in [-0.05, 0) is 27.0 Å². The molecule has 0 aromatic heterocycles. The number of amides is 3. The Morgan fingerprint density at radius 1 is 1.03 bits per heavy atom. The molecule has 3 amide bonds. The molecule has 0 spiro atoms. The van der Waals surface area contributed by atoms with Gasteiger partial charge in [-0.15, -0.1) is 11.8 Å². The van der Waals surface area contributed by atoms with Gasteiger partial charge in [-0.2, -0.15) is 11.8 Å². The maximum Gasteiger partial charge on any atom is 0.410 e. The number of likely N-dealkylation sites (N-methyl/N-ethyl adjacent to an activating group) is 2. The number of esters is 1. The molecule has 0 aliphatic rings. The van der Waals surface area contributed by atoms with E-state index >= 15 is 0 Å². The highest BCUT2D eigenvalue weighted by molar-refractivity contribution is 7.99. The Kier molecular flexibility index (Phi) is 12.1. The van der Waals surface area contributed by atoms with Gasteiger partial charge in [-0.1, -0.05) is 0 Å². The molecule has 9 nitrogen and oxygen atoms in total. The SMILES string of the molecule is COC(=O)[C@H](CSC)N(C)C(=O)[C@H](CSCNC(C)=O)N(C)C(=O)OC(C)(C)C. The average Bonchev–Trinajstić information content (AvgIpc) is 2.62. The van der Waals surface area contributed by atoms with Gasteiger partial charge in [0.15, 0.2) is 0 Å². The monoisotopic (exact) mass is 451 g/mol. The summed E-state index contributed by atoms with van der Waals surface area (Å²) in [5, 5.41) is 2.63. The molecule has 2 atom stereocenters. The molecule has 0 heterocycles. The highest BCUT2D eigenvalue weighted by Gasteiger charge is 2.36. The number of hydrogen-bond donors (Lipinski definition) is 1. The Morgan fingerprint density at radius 2 is 1.62 bits per heavy atom. The van der Waals surface area contributed by atoms with Crippen molar-refractivity contribution >= 4 is 47.4 Å². The van der Waals surface area contributed by atoms with Gasteiger partial charge in [0.05, 0.1) is 13.0 Å². The Bertz CT molecular complexity index is 582. The number of ether oxygens (including phenoxy) is 2. The van der Waals surface area contributed by atoms with Crippen LogP contribution < -0.4 is 5.32 Å². The van der Waals surface area contributed by atoms with Gasteiger partial charge in [0.1, 0.15) is 17.7 Å². The summed E-state index contributed by atoms with van der Waals surface area (Å²) in [5.41, 5.74) is -0.721. The summed E-state index contributed by atoms with van der Waals surface area (Å²) in [5.74, 6) is -0.277. The molecular formula is C18H33N3O6S2. The Morgan fingerprint density at radius 3 is 2.07 bits per heavy atom. The number of methoxy groups -OCH3 is 1. The minimum Gasteiger partial charge on any atom is -0.467 e. The summed E-state index contributed by atoms with van der Waals surface area (Å²) in [6, 6.07) is -1.67. The maximum atomic E-state index is 13.2. The number of carbonyl (C=O) groups is 4. The van der Waals surface area contributed by atoms with Gasteiger partial charge in [0, 0.05) is 32.5 Å². The van der Waals surface area contributed by atoms with Gasteiger partial charge < -0.3 is 19.7 Å². The van der Waals surface area contributed by atoms with Crippen molar-refractivity contribution in [1.29, 1.82) is 0 Å². The fourth-order valence-electron chi connectivity index (χ4n) is 2.15. The number of thioether (sulfide) groups is 2. The van der Waals surface area contributed by atoms with Gasteiger partial charge in [-0.25, -0.2) is 9.59 Å². The molecule has 0 aliphatic heterocycles. The van der Waals surface area contributed by atoms with Crippen LogP contribution in [0, 0.1) is 0 Å². The van der Waals surface area contributed by atoms with Crippen LogP contribution in [0.4, 0.5) is 4.79 Å². The van der Waals surface area contributed by atoms with Crippen LogP contribution >= 0.6 is 23.5 Å². The third-order valence-corrected chi connectivity index (χ3v) is 5.29. The summed E-state index contributed by atoms with van der Waals surface area (Å²) in [7, 11) is 4.25. The lowest BCUT2D eigenvalue weighted by Crippen LogP contribution is -2.55. The third kappa shape index (κ3) is 10.1. The molecule has 0 unspecified atom stereocenters. The molecule has 0 rings (SSSR count). The van der Waals surface area contributed by atoms with E-state index in [0.29, 0.717) is 5.75 Å². The van der Waals surface area contributed by atoms with Crippen LogP contribution in [-0.2, 0) is 23.9 Å². The summed E-state index contributed by atoms with van der Waals surface area (Å²) in [6.45, 7) is 6.60. The van der Waals surface area contributed by atoms with Crippen molar-refractivity contribution in [3.8, 4) is 0 Å². The van der Waals surface area contributed by atoms with Gasteiger partial charge in [0.2, 0.25) is 11.8 Å². The van der Waals surface area contributed by atoms with Crippen LogP contribution in [-0.4, -0.2) is 96.2 Å². The van der Waals surface area contributed by atoms with Crippen molar-refractivity contribution in [2.24, 2.45) is 0 Å². The van der Waals surface area contributed by atoms with Crippen LogP contribution in [0.1, 0.15) is 27.7 Å². The van der Waals surface area contributed by atoms with Crippen LogP contribution in [0.15, 0.2) is 0 Å². The minimum absolute atomic E-state index is 0.191. The van der Waals surface area contributed by atoms with Crippen molar-refractivity contribution in [2.45, 2.75) is 45.4 Å². The second-order valence-electron chi connectivity index (χ2n) is 7.30. The van der Waals surface area contributed by atoms with E-state index in [1.807, 2.05) is 6.26 Å². The first kappa shape index (κ1) is 27.4. The van der Waals surface area contributed by atoms with Gasteiger partial charge >= 0.3 is 12.1 Å². The zero-order valence-electron chi connectivity index (χ0n) is 18.4. The lowest BCUT2D eigenvalue weighted by atomic mass is 10.2. The molecule has 0 aromatic rings. The van der Waals surface area contributed by atoms with Gasteiger partial charge in [-0.3, -0.25) is 14.5 Å². The zero-order valence-corrected chi connectivity index (χ0v) is 20.1. The first-order valence-electron chi connectivity index (χ1n) is 8.97. The number of hydrogen-bond acceptors (Lipinski definition) is 8. The van der Waals surface area contributed by atoms with Crippen molar-refractivity contribution in [1.82, 2.24) is 15.1 Å². The molecule has 0 radical (unpaired) electrons. The number of nitrogens with zero attached hydrogens (tertiary/aromatic N) is 2. The minimum atomic E-state index is -0.886. The maximum absolute atomic E-state index is 13.2. The van der Waals surface area contributed by atoms with E-state index in [1.165, 1.54) is 61.5 Å². The second kappa shape index (κ2) is 12.8. The van der Waals surface area contributed by atoms with Crippen LogP contribution in [0.3, 0.4) is 0 Å². The highest BCUT2D eigenvalue weighted by Crippen LogP contribution is 2.17. The Balaban J connectivity index is 5.51. The summed E-state index contributed by atoms with van der Waals surface area (Å²) in [6.07, 6.45) is 1.17. The van der Waals surface area contributed by atoms with E-state index in [0.717, 1.165) is 0 Å². The first-order chi connectivity index (χ1) is 13.4. The molecule has 0 fully saturated rings. The largest absolute Gasteiger partial charge is 0.467 e. The molecule has 0 bridgehead atoms. The fraction of sp³-hybridized carbons (Fsp3) is 0.778. The first-order valence-corrected chi connectivity index (χ1v) is 11.5. The van der Waals surface area contributed by atoms with Crippen LogP contribution in [0.5, 0.6) is 0 Å². The molecule has 0 saturated heterocycles. The van der Waals surface area contributed by atoms with E-state index < -0.39 is 35.7 Å². The molecule has 29 heavy (non-hydrogen) atoms. The molecule has 1 N–H and O–H groups in total. The average molecular weight is 452 g/mol. The predicted molar refractivity (Wildman–Crippen MR) is 116 cm³/mol. The molecule has 11 heteroatoms. The molecule has 168 valence electrons. The highest BCUT2D eigenvalue weighted by atomic mass is 32.2. The lowest BCUT2D eigenvalue weighted by Gasteiger charge is -2.34. The normalized spacial score (nSPS) is 13.1. The molecule has 0 aliphatic carbocycles. The van der Waals surface area contributed by atoms with Crippen molar-refractivity contribution in [2.75, 3.05) is 44.8 Å². The van der Waals surface area contributed by atoms with E-state index in [1.54, 1.807) is 20.8 Å². The predicted octanol–water partition coefficient (Wildman–Crippen LogP) is 1.41. The third-order valence-electron chi connectivity index (χ3n) is 3.75. The van der Waals surface area contributed by atoms with Crippen LogP contribution in [0.2, 0.25) is 0 Å². The zero-order chi connectivity index (χ0) is 22.8. The summed E-state index contributed by atoms with van der Waals surface area (Å²) >= 11 is 2.69. The number of rotatable bonds is 10. The number of nitrogens with one attached hydrogen (secondary N) is 1. The van der Waals surface area contributed by atoms with Crippen molar-refractivity contribution in [3.05, 3.63) is 0 Å².